The zero-order valence-electron chi connectivity index (χ0n) is 18.9. The summed E-state index contributed by atoms with van der Waals surface area (Å²) in [6.07, 6.45) is 1.95. The molecule has 1 amide bonds. The average Bonchev–Trinajstić information content (AvgIpc) is 3.47. The average molecular weight is 469 g/mol. The number of carbonyl (C=O) groups excluding carboxylic acids is 1. The summed E-state index contributed by atoms with van der Waals surface area (Å²) >= 11 is 1.36. The first-order valence-electron chi connectivity index (χ1n) is 10.9. The Kier molecular flexibility index (Phi) is 6.05. The first kappa shape index (κ1) is 21.8. The lowest BCUT2D eigenvalue weighted by molar-refractivity contribution is -0.113. The fourth-order valence-corrected chi connectivity index (χ4v) is 4.53. The Morgan fingerprint density at radius 3 is 2.47 bits per heavy atom. The number of hydrogen-bond donors (Lipinski definition) is 2. The van der Waals surface area contributed by atoms with Crippen LogP contribution in [-0.2, 0) is 4.79 Å². The molecule has 7 nitrogen and oxygen atoms in total. The molecular formula is C26H24N6OS. The van der Waals surface area contributed by atoms with E-state index in [-0.39, 0.29) is 11.7 Å². The summed E-state index contributed by atoms with van der Waals surface area (Å²) in [6, 6.07) is 25.8. The van der Waals surface area contributed by atoms with Crippen LogP contribution in [0.4, 0.5) is 11.4 Å². The third-order valence-corrected chi connectivity index (χ3v) is 6.41. The van der Waals surface area contributed by atoms with E-state index in [0.29, 0.717) is 5.16 Å². The second kappa shape index (κ2) is 9.44. The summed E-state index contributed by atoms with van der Waals surface area (Å²) in [5, 5.41) is 13.6. The lowest BCUT2D eigenvalue weighted by atomic mass is 10.1. The van der Waals surface area contributed by atoms with Gasteiger partial charge in [-0.3, -0.25) is 9.36 Å². The molecule has 34 heavy (non-hydrogen) atoms. The Morgan fingerprint density at radius 1 is 0.971 bits per heavy atom. The van der Waals surface area contributed by atoms with Crippen LogP contribution >= 0.6 is 11.8 Å². The third kappa shape index (κ3) is 4.40. The molecule has 0 aliphatic heterocycles. The molecule has 0 fully saturated rings. The van der Waals surface area contributed by atoms with Crippen molar-refractivity contribution in [1.82, 2.24) is 19.7 Å². The number of para-hydroxylation sites is 2. The molecule has 0 atom stereocenters. The maximum Gasteiger partial charge on any atom is 0.234 e. The molecule has 0 spiro atoms. The topological polar surface area (TPSA) is 78.8 Å². The number of rotatable bonds is 7. The van der Waals surface area contributed by atoms with Crippen molar-refractivity contribution in [3.8, 4) is 17.1 Å². The number of carbonyl (C=O) groups is 1. The lowest BCUT2D eigenvalue weighted by Gasteiger charge is -2.13. The monoisotopic (exact) mass is 468 g/mol. The van der Waals surface area contributed by atoms with Gasteiger partial charge in [0.2, 0.25) is 5.91 Å². The number of aromatic amines is 1. The van der Waals surface area contributed by atoms with Gasteiger partial charge in [-0.2, -0.15) is 0 Å². The highest BCUT2D eigenvalue weighted by molar-refractivity contribution is 7.99. The Morgan fingerprint density at radius 2 is 1.71 bits per heavy atom. The van der Waals surface area contributed by atoms with Gasteiger partial charge in [0.25, 0.3) is 0 Å². The number of thioether (sulfide) groups is 1. The minimum atomic E-state index is -0.0983. The summed E-state index contributed by atoms with van der Waals surface area (Å²) in [7, 11) is 3.97. The van der Waals surface area contributed by atoms with E-state index in [9.17, 15) is 4.79 Å². The SMILES string of the molecule is CN(C)c1ccc(NC(=O)CSc2nnc(-c3c[nH]c4ccccc34)n2-c2ccccc2)cc1. The lowest BCUT2D eigenvalue weighted by Crippen LogP contribution is -2.15. The van der Waals surface area contributed by atoms with Crippen LogP contribution in [0.2, 0.25) is 0 Å². The fourth-order valence-electron chi connectivity index (χ4n) is 3.77. The highest BCUT2D eigenvalue weighted by Gasteiger charge is 2.19. The van der Waals surface area contributed by atoms with Crippen LogP contribution in [0, 0.1) is 0 Å². The van der Waals surface area contributed by atoms with Crippen LogP contribution in [0.1, 0.15) is 0 Å². The van der Waals surface area contributed by atoms with Gasteiger partial charge in [-0.05, 0) is 42.5 Å². The maximum atomic E-state index is 12.7. The third-order valence-electron chi connectivity index (χ3n) is 5.48. The standard InChI is InChI=1S/C26H24N6OS/c1-31(2)19-14-12-18(13-15-19)28-24(33)17-34-26-30-29-25(32(26)20-8-4-3-5-9-20)22-16-27-23-11-7-6-10-21(22)23/h3-16,27H,17H2,1-2H3,(H,28,33). The molecule has 5 rings (SSSR count). The van der Waals surface area contributed by atoms with E-state index in [1.54, 1.807) is 0 Å². The minimum absolute atomic E-state index is 0.0983. The number of benzene rings is 3. The molecule has 2 heterocycles. The van der Waals surface area contributed by atoms with Crippen molar-refractivity contribution >= 4 is 39.9 Å². The molecule has 0 saturated carbocycles. The summed E-state index contributed by atoms with van der Waals surface area (Å²) in [4.78, 5) is 18.0. The van der Waals surface area contributed by atoms with Crippen LogP contribution in [0.5, 0.6) is 0 Å². The Bertz CT molecular complexity index is 1420. The number of nitrogens with one attached hydrogen (secondary N) is 2. The zero-order chi connectivity index (χ0) is 23.5. The normalized spacial score (nSPS) is 11.0. The van der Waals surface area contributed by atoms with Crippen LogP contribution in [-0.4, -0.2) is 45.5 Å². The van der Waals surface area contributed by atoms with Crippen LogP contribution in [0.25, 0.3) is 28.0 Å². The van der Waals surface area contributed by atoms with Gasteiger partial charge in [-0.15, -0.1) is 10.2 Å². The predicted molar refractivity (Wildman–Crippen MR) is 139 cm³/mol. The summed E-state index contributed by atoms with van der Waals surface area (Å²) < 4.78 is 2.00. The number of fused-ring (bicyclic) bond motifs is 1. The molecule has 3 aromatic carbocycles. The van der Waals surface area contributed by atoms with Crippen molar-refractivity contribution in [2.45, 2.75) is 5.16 Å². The predicted octanol–water partition coefficient (Wildman–Crippen LogP) is 5.21. The smallest absolute Gasteiger partial charge is 0.234 e. The Labute approximate surface area is 201 Å². The molecule has 170 valence electrons. The molecule has 0 aliphatic carbocycles. The second-order valence-corrected chi connectivity index (χ2v) is 8.95. The van der Waals surface area contributed by atoms with Crippen molar-refractivity contribution in [3.63, 3.8) is 0 Å². The number of H-pyrrole nitrogens is 1. The van der Waals surface area contributed by atoms with Gasteiger partial charge in [0.15, 0.2) is 11.0 Å². The molecule has 0 unspecified atom stereocenters. The van der Waals surface area contributed by atoms with Crippen molar-refractivity contribution in [3.05, 3.63) is 85.1 Å². The van der Waals surface area contributed by atoms with Crippen LogP contribution in [0.3, 0.4) is 0 Å². The highest BCUT2D eigenvalue weighted by atomic mass is 32.2. The van der Waals surface area contributed by atoms with Crippen LogP contribution < -0.4 is 10.2 Å². The Balaban J connectivity index is 1.40. The van der Waals surface area contributed by atoms with Crippen LogP contribution in [0.15, 0.2) is 90.2 Å². The van der Waals surface area contributed by atoms with Gasteiger partial charge < -0.3 is 15.2 Å². The van der Waals surface area contributed by atoms with Crippen molar-refractivity contribution in [1.29, 1.82) is 0 Å². The summed E-state index contributed by atoms with van der Waals surface area (Å²) in [6.45, 7) is 0. The molecule has 0 bridgehead atoms. The second-order valence-electron chi connectivity index (χ2n) is 8.00. The fraction of sp³-hybridized carbons (Fsp3) is 0.115. The van der Waals surface area contributed by atoms with Gasteiger partial charge in [0.05, 0.1) is 5.75 Å². The first-order valence-corrected chi connectivity index (χ1v) is 11.9. The van der Waals surface area contributed by atoms with Gasteiger partial charge >= 0.3 is 0 Å². The molecule has 2 N–H and O–H groups in total. The number of nitrogens with zero attached hydrogens (tertiary/aromatic N) is 4. The van der Waals surface area contributed by atoms with Crippen molar-refractivity contribution in [2.24, 2.45) is 0 Å². The molecule has 8 heteroatoms. The number of hydrogen-bond acceptors (Lipinski definition) is 5. The van der Waals surface area contributed by atoms with E-state index in [0.717, 1.165) is 39.4 Å². The largest absolute Gasteiger partial charge is 0.378 e. The molecule has 0 saturated heterocycles. The minimum Gasteiger partial charge on any atom is -0.378 e. The number of amides is 1. The number of anilines is 2. The van der Waals surface area contributed by atoms with E-state index >= 15 is 0 Å². The summed E-state index contributed by atoms with van der Waals surface area (Å²) in [5.41, 5.74) is 4.78. The maximum absolute atomic E-state index is 12.7. The van der Waals surface area contributed by atoms with Gasteiger partial charge in [-0.1, -0.05) is 48.2 Å². The van der Waals surface area contributed by atoms with Gasteiger partial charge in [0, 0.05) is 53.8 Å². The molecular weight excluding hydrogens is 444 g/mol. The number of aromatic nitrogens is 4. The van der Waals surface area contributed by atoms with E-state index in [1.165, 1.54) is 11.8 Å². The highest BCUT2D eigenvalue weighted by Crippen LogP contribution is 2.32. The molecule has 2 aromatic heterocycles. The molecule has 0 radical (unpaired) electrons. The molecule has 0 aliphatic rings. The van der Waals surface area contributed by atoms with E-state index < -0.39 is 0 Å². The van der Waals surface area contributed by atoms with Crippen molar-refractivity contribution < 1.29 is 4.79 Å². The Hall–Kier alpha value is -4.04. The van der Waals surface area contributed by atoms with E-state index in [4.69, 9.17) is 0 Å². The van der Waals surface area contributed by atoms with E-state index in [1.807, 2.05) is 103 Å². The quantitative estimate of drug-likeness (QED) is 0.321. The van der Waals surface area contributed by atoms with Gasteiger partial charge in [0.1, 0.15) is 0 Å². The van der Waals surface area contributed by atoms with Gasteiger partial charge in [-0.25, -0.2) is 0 Å². The summed E-state index contributed by atoms with van der Waals surface area (Å²) in [5.74, 6) is 0.846. The van der Waals surface area contributed by atoms with Crippen molar-refractivity contribution in [2.75, 3.05) is 30.1 Å². The molecule has 5 aromatic rings. The first-order chi connectivity index (χ1) is 16.6. The van der Waals surface area contributed by atoms with E-state index in [2.05, 4.69) is 26.6 Å². The zero-order valence-corrected chi connectivity index (χ0v) is 19.7.